The number of hydrogen-bond acceptors (Lipinski definition) is 2. The normalized spacial score (nSPS) is 9.67. The first-order valence-electron chi connectivity index (χ1n) is 4.73. The van der Waals surface area contributed by atoms with Crippen molar-refractivity contribution in [2.45, 2.75) is 13.2 Å². The molecule has 0 spiro atoms. The average molecular weight is 205 g/mol. The second kappa shape index (κ2) is 5.98. The number of benzene rings is 1. The monoisotopic (exact) mass is 205 g/mol. The van der Waals surface area contributed by atoms with E-state index in [-0.39, 0.29) is 5.91 Å². The van der Waals surface area contributed by atoms with Crippen LogP contribution in [0.15, 0.2) is 36.9 Å². The molecule has 80 valence electrons. The summed E-state index contributed by atoms with van der Waals surface area (Å²) in [6.07, 6.45) is 1.26. The van der Waals surface area contributed by atoms with Crippen LogP contribution in [0.5, 0.6) is 0 Å². The van der Waals surface area contributed by atoms with Crippen molar-refractivity contribution in [1.82, 2.24) is 5.32 Å². The lowest BCUT2D eigenvalue weighted by Crippen LogP contribution is -2.19. The van der Waals surface area contributed by atoms with Gasteiger partial charge in [0.05, 0.1) is 6.61 Å². The minimum Gasteiger partial charge on any atom is -0.380 e. The van der Waals surface area contributed by atoms with E-state index in [1.54, 1.807) is 7.11 Å². The van der Waals surface area contributed by atoms with Gasteiger partial charge in [-0.3, -0.25) is 4.79 Å². The Bertz CT molecular complexity index is 347. The molecule has 0 aliphatic rings. The first kappa shape index (κ1) is 11.5. The van der Waals surface area contributed by atoms with Crippen molar-refractivity contribution in [2.24, 2.45) is 0 Å². The molecule has 1 N–H and O–H groups in total. The average Bonchev–Trinajstić information content (AvgIpc) is 2.27. The molecule has 0 bridgehead atoms. The van der Waals surface area contributed by atoms with Gasteiger partial charge in [0.1, 0.15) is 0 Å². The molecule has 0 heterocycles. The maximum atomic E-state index is 10.9. The van der Waals surface area contributed by atoms with E-state index in [0.29, 0.717) is 13.2 Å². The Hall–Kier alpha value is -1.61. The number of nitrogens with one attached hydrogen (secondary N) is 1. The van der Waals surface area contributed by atoms with E-state index in [0.717, 1.165) is 11.1 Å². The summed E-state index contributed by atoms with van der Waals surface area (Å²) in [7, 11) is 1.66. The fourth-order valence-corrected chi connectivity index (χ4v) is 1.26. The zero-order valence-corrected chi connectivity index (χ0v) is 8.82. The van der Waals surface area contributed by atoms with Crippen LogP contribution in [0.1, 0.15) is 11.1 Å². The minimum absolute atomic E-state index is 0.160. The highest BCUT2D eigenvalue weighted by Gasteiger charge is 1.97. The molecular formula is C12H15NO2. The van der Waals surface area contributed by atoms with Gasteiger partial charge in [-0.15, -0.1) is 0 Å². The molecule has 0 saturated carbocycles. The van der Waals surface area contributed by atoms with Gasteiger partial charge in [-0.2, -0.15) is 0 Å². The molecule has 3 heteroatoms. The van der Waals surface area contributed by atoms with Gasteiger partial charge in [-0.05, 0) is 17.2 Å². The molecule has 0 saturated heterocycles. The second-order valence-corrected chi connectivity index (χ2v) is 3.17. The van der Waals surface area contributed by atoms with Gasteiger partial charge in [0.15, 0.2) is 0 Å². The van der Waals surface area contributed by atoms with Crippen LogP contribution in [0.2, 0.25) is 0 Å². The molecule has 15 heavy (non-hydrogen) atoms. The van der Waals surface area contributed by atoms with Crippen molar-refractivity contribution in [3.8, 4) is 0 Å². The van der Waals surface area contributed by atoms with Gasteiger partial charge in [-0.1, -0.05) is 30.8 Å². The quantitative estimate of drug-likeness (QED) is 0.742. The van der Waals surface area contributed by atoms with Gasteiger partial charge in [0.25, 0.3) is 0 Å². The van der Waals surface area contributed by atoms with Crippen molar-refractivity contribution < 1.29 is 9.53 Å². The topological polar surface area (TPSA) is 38.3 Å². The fraction of sp³-hybridized carbons (Fsp3) is 0.250. The Morgan fingerprint density at radius 1 is 1.53 bits per heavy atom. The lowest BCUT2D eigenvalue weighted by Gasteiger charge is -2.05. The summed E-state index contributed by atoms with van der Waals surface area (Å²) < 4.78 is 5.03. The number of rotatable bonds is 5. The van der Waals surface area contributed by atoms with E-state index >= 15 is 0 Å². The van der Waals surface area contributed by atoms with E-state index in [9.17, 15) is 4.79 Å². The highest BCUT2D eigenvalue weighted by Crippen LogP contribution is 2.05. The molecule has 0 fully saturated rings. The van der Waals surface area contributed by atoms with Gasteiger partial charge < -0.3 is 10.1 Å². The Morgan fingerprint density at radius 2 is 2.27 bits per heavy atom. The number of methoxy groups -OCH3 is 1. The van der Waals surface area contributed by atoms with Crippen LogP contribution in [0.4, 0.5) is 0 Å². The predicted molar refractivity (Wildman–Crippen MR) is 59.2 cm³/mol. The first-order chi connectivity index (χ1) is 7.26. The number of carbonyl (C=O) groups excluding carboxylic acids is 1. The second-order valence-electron chi connectivity index (χ2n) is 3.17. The third kappa shape index (κ3) is 3.95. The van der Waals surface area contributed by atoms with Crippen LogP contribution in [-0.2, 0) is 22.7 Å². The molecule has 1 aromatic rings. The van der Waals surface area contributed by atoms with Gasteiger partial charge in [-0.25, -0.2) is 0 Å². The van der Waals surface area contributed by atoms with E-state index in [4.69, 9.17) is 4.74 Å². The number of hydrogen-bond donors (Lipinski definition) is 1. The van der Waals surface area contributed by atoms with E-state index in [2.05, 4.69) is 11.9 Å². The zero-order valence-electron chi connectivity index (χ0n) is 8.82. The molecule has 0 atom stereocenters. The summed E-state index contributed by atoms with van der Waals surface area (Å²) in [6.45, 7) is 4.49. The Morgan fingerprint density at radius 3 is 2.93 bits per heavy atom. The van der Waals surface area contributed by atoms with Crippen LogP contribution in [-0.4, -0.2) is 13.0 Å². The van der Waals surface area contributed by atoms with Gasteiger partial charge >= 0.3 is 0 Å². The molecule has 1 aromatic carbocycles. The van der Waals surface area contributed by atoms with Crippen LogP contribution in [0.25, 0.3) is 0 Å². The van der Waals surface area contributed by atoms with E-state index in [1.165, 1.54) is 6.08 Å². The van der Waals surface area contributed by atoms with Crippen molar-refractivity contribution in [2.75, 3.05) is 7.11 Å². The summed E-state index contributed by atoms with van der Waals surface area (Å²) in [5, 5.41) is 2.72. The SMILES string of the molecule is C=CC(=O)NCc1cccc(COC)c1. The molecule has 0 radical (unpaired) electrons. The molecule has 3 nitrogen and oxygen atoms in total. The third-order valence-electron chi connectivity index (χ3n) is 1.95. The summed E-state index contributed by atoms with van der Waals surface area (Å²) in [6, 6.07) is 7.90. The van der Waals surface area contributed by atoms with Crippen molar-refractivity contribution >= 4 is 5.91 Å². The van der Waals surface area contributed by atoms with Gasteiger partial charge in [0.2, 0.25) is 5.91 Å². The molecule has 0 aliphatic heterocycles. The van der Waals surface area contributed by atoms with Crippen molar-refractivity contribution in [3.05, 3.63) is 48.0 Å². The maximum absolute atomic E-state index is 10.9. The number of ether oxygens (including phenoxy) is 1. The smallest absolute Gasteiger partial charge is 0.243 e. The number of carbonyl (C=O) groups is 1. The van der Waals surface area contributed by atoms with Crippen LogP contribution in [0.3, 0.4) is 0 Å². The summed E-state index contributed by atoms with van der Waals surface area (Å²) in [4.78, 5) is 10.9. The van der Waals surface area contributed by atoms with Crippen molar-refractivity contribution in [3.63, 3.8) is 0 Å². The first-order valence-corrected chi connectivity index (χ1v) is 4.73. The molecular weight excluding hydrogens is 190 g/mol. The minimum atomic E-state index is -0.160. The summed E-state index contributed by atoms with van der Waals surface area (Å²) in [5.41, 5.74) is 2.16. The van der Waals surface area contributed by atoms with Crippen LogP contribution in [0, 0.1) is 0 Å². The lowest BCUT2D eigenvalue weighted by molar-refractivity contribution is -0.116. The van der Waals surface area contributed by atoms with E-state index < -0.39 is 0 Å². The zero-order chi connectivity index (χ0) is 11.1. The van der Waals surface area contributed by atoms with Crippen LogP contribution < -0.4 is 5.32 Å². The van der Waals surface area contributed by atoms with Crippen LogP contribution >= 0.6 is 0 Å². The van der Waals surface area contributed by atoms with Crippen molar-refractivity contribution in [1.29, 1.82) is 0 Å². The molecule has 1 amide bonds. The summed E-state index contributed by atoms with van der Waals surface area (Å²) >= 11 is 0. The highest BCUT2D eigenvalue weighted by atomic mass is 16.5. The molecule has 0 aliphatic carbocycles. The Balaban J connectivity index is 2.57. The summed E-state index contributed by atoms with van der Waals surface area (Å²) in [5.74, 6) is -0.160. The largest absolute Gasteiger partial charge is 0.380 e. The third-order valence-corrected chi connectivity index (χ3v) is 1.95. The Kier molecular flexibility index (Phi) is 4.57. The van der Waals surface area contributed by atoms with E-state index in [1.807, 2.05) is 24.3 Å². The lowest BCUT2D eigenvalue weighted by atomic mass is 10.1. The Labute approximate surface area is 89.8 Å². The standard InChI is InChI=1S/C12H15NO2/c1-3-12(14)13-8-10-5-4-6-11(7-10)9-15-2/h3-7H,1,8-9H2,2H3,(H,13,14). The van der Waals surface area contributed by atoms with Gasteiger partial charge in [0, 0.05) is 13.7 Å². The molecule has 0 aromatic heterocycles. The fourth-order valence-electron chi connectivity index (χ4n) is 1.26. The predicted octanol–water partition coefficient (Wildman–Crippen LogP) is 1.64. The number of amides is 1. The maximum Gasteiger partial charge on any atom is 0.243 e. The molecule has 1 rings (SSSR count). The molecule has 0 unspecified atom stereocenters. The highest BCUT2D eigenvalue weighted by molar-refractivity contribution is 5.86.